The second kappa shape index (κ2) is 6.94. The molecule has 1 aliphatic rings. The molecule has 1 saturated heterocycles. The molecule has 1 N–H and O–H groups in total. The van der Waals surface area contributed by atoms with E-state index in [1.54, 1.807) is 27.1 Å². The van der Waals surface area contributed by atoms with Gasteiger partial charge in [-0.15, -0.1) is 0 Å². The molecule has 3 heterocycles. The molecule has 24 heavy (non-hydrogen) atoms. The van der Waals surface area contributed by atoms with E-state index in [-0.39, 0.29) is 24.1 Å². The lowest BCUT2D eigenvalue weighted by molar-refractivity contribution is 0.180. The number of carbonyl (C=O) groups is 1. The molecule has 7 nitrogen and oxygen atoms in total. The number of aryl methyl sites for hydroxylation is 1. The number of sulfone groups is 1. The molecule has 0 unspecified atom stereocenters. The van der Waals surface area contributed by atoms with Crippen LogP contribution in [0.1, 0.15) is 24.1 Å². The molecule has 9 heteroatoms. The zero-order valence-corrected chi connectivity index (χ0v) is 15.0. The smallest absolute Gasteiger partial charge is 0.318 e. The van der Waals surface area contributed by atoms with Crippen molar-refractivity contribution in [3.63, 3.8) is 0 Å². The molecule has 130 valence electrons. The number of thiophene rings is 1. The monoisotopic (exact) mass is 368 g/mol. The topological polar surface area (TPSA) is 84.3 Å². The maximum atomic E-state index is 12.6. The Morgan fingerprint density at radius 3 is 3.00 bits per heavy atom. The minimum Gasteiger partial charge on any atom is -0.334 e. The minimum atomic E-state index is -3.16. The van der Waals surface area contributed by atoms with Gasteiger partial charge in [0.25, 0.3) is 0 Å². The van der Waals surface area contributed by atoms with Crippen LogP contribution in [-0.4, -0.2) is 47.2 Å². The summed E-state index contributed by atoms with van der Waals surface area (Å²) in [6, 6.07) is 1.21. The number of aromatic nitrogens is 2. The minimum absolute atomic E-state index is 0.00269. The first-order valence-corrected chi connectivity index (χ1v) is 10.5. The lowest BCUT2D eigenvalue weighted by atomic mass is 10.1. The van der Waals surface area contributed by atoms with Gasteiger partial charge in [0.15, 0.2) is 9.84 Å². The predicted molar refractivity (Wildman–Crippen MR) is 92.6 cm³/mol. The molecular formula is C15H20N4O3S2. The van der Waals surface area contributed by atoms with Crippen LogP contribution in [0, 0.1) is 0 Å². The van der Waals surface area contributed by atoms with Crippen molar-refractivity contribution in [2.75, 3.05) is 18.1 Å². The number of hydrogen-bond donors (Lipinski definition) is 1. The Hall–Kier alpha value is -1.87. The number of carbonyl (C=O) groups excluding carboxylic acids is 1. The summed E-state index contributed by atoms with van der Waals surface area (Å²) in [5.41, 5.74) is 1.79. The molecule has 0 saturated carbocycles. The highest BCUT2D eigenvalue weighted by molar-refractivity contribution is 7.91. The van der Waals surface area contributed by atoms with E-state index in [9.17, 15) is 13.2 Å². The van der Waals surface area contributed by atoms with Crippen molar-refractivity contribution in [2.24, 2.45) is 0 Å². The molecule has 1 aliphatic heterocycles. The van der Waals surface area contributed by atoms with Gasteiger partial charge >= 0.3 is 6.03 Å². The second-order valence-electron chi connectivity index (χ2n) is 5.74. The van der Waals surface area contributed by atoms with Crippen molar-refractivity contribution in [1.29, 1.82) is 0 Å². The fraction of sp³-hybridized carbons (Fsp3) is 0.467. The van der Waals surface area contributed by atoms with Crippen molar-refractivity contribution in [2.45, 2.75) is 26.1 Å². The van der Waals surface area contributed by atoms with Crippen molar-refractivity contribution in [3.05, 3.63) is 40.3 Å². The van der Waals surface area contributed by atoms with Crippen LogP contribution in [0.4, 0.5) is 4.79 Å². The van der Waals surface area contributed by atoms with Crippen LogP contribution in [0.5, 0.6) is 0 Å². The van der Waals surface area contributed by atoms with Gasteiger partial charge in [-0.2, -0.15) is 16.4 Å². The van der Waals surface area contributed by atoms with E-state index in [1.165, 1.54) is 0 Å². The molecule has 3 rings (SSSR count). The van der Waals surface area contributed by atoms with Gasteiger partial charge in [0.1, 0.15) is 0 Å². The Labute approximate surface area is 145 Å². The van der Waals surface area contributed by atoms with E-state index >= 15 is 0 Å². The first-order valence-electron chi connectivity index (χ1n) is 7.77. The Kier molecular flexibility index (Phi) is 4.91. The number of urea groups is 1. The summed E-state index contributed by atoms with van der Waals surface area (Å²) >= 11 is 1.57. The summed E-state index contributed by atoms with van der Waals surface area (Å²) in [5.74, 6) is -0.0639. The molecule has 1 atom stereocenters. The summed E-state index contributed by atoms with van der Waals surface area (Å²) in [5, 5.41) is 11.0. The molecular weight excluding hydrogens is 348 g/mol. The number of hydrogen-bond acceptors (Lipinski definition) is 5. The summed E-state index contributed by atoms with van der Waals surface area (Å²) in [4.78, 5) is 14.2. The van der Waals surface area contributed by atoms with Crippen molar-refractivity contribution in [1.82, 2.24) is 20.0 Å². The maximum Gasteiger partial charge on any atom is 0.318 e. The van der Waals surface area contributed by atoms with Crippen LogP contribution in [-0.2, 0) is 22.9 Å². The fourth-order valence-electron chi connectivity index (χ4n) is 2.72. The van der Waals surface area contributed by atoms with Crippen LogP contribution in [0.3, 0.4) is 0 Å². The molecule has 0 bridgehead atoms. The summed E-state index contributed by atoms with van der Waals surface area (Å²) in [6.45, 7) is 3.29. The number of nitrogens with zero attached hydrogens (tertiary/aromatic N) is 3. The zero-order valence-electron chi connectivity index (χ0n) is 13.4. The Bertz CT molecular complexity index is 799. The van der Waals surface area contributed by atoms with Crippen molar-refractivity contribution in [3.8, 4) is 0 Å². The molecule has 0 spiro atoms. The average Bonchev–Trinajstić information content (AvgIpc) is 3.23. The average molecular weight is 368 g/mol. The predicted octanol–water partition coefficient (Wildman–Crippen LogP) is 1.65. The van der Waals surface area contributed by atoms with Gasteiger partial charge in [-0.3, -0.25) is 4.68 Å². The zero-order chi connectivity index (χ0) is 17.2. The lowest BCUT2D eigenvalue weighted by Crippen LogP contribution is -2.49. The van der Waals surface area contributed by atoms with Crippen molar-refractivity contribution < 1.29 is 13.2 Å². The van der Waals surface area contributed by atoms with E-state index in [4.69, 9.17) is 0 Å². The third-order valence-electron chi connectivity index (χ3n) is 4.08. The Morgan fingerprint density at radius 2 is 2.33 bits per heavy atom. The first-order chi connectivity index (χ1) is 11.5. The highest BCUT2D eigenvalue weighted by atomic mass is 32.2. The molecule has 1 fully saturated rings. The van der Waals surface area contributed by atoms with Gasteiger partial charge in [0.05, 0.1) is 23.7 Å². The first kappa shape index (κ1) is 17.0. The van der Waals surface area contributed by atoms with E-state index in [2.05, 4.69) is 10.4 Å². The SMILES string of the molecule is CCn1cc([C@@H]2CS(=O)(=O)CCN2C(=O)NCc2ccsc2)cn1. The largest absolute Gasteiger partial charge is 0.334 e. The van der Waals surface area contributed by atoms with Crippen LogP contribution in [0.15, 0.2) is 29.2 Å². The third-order valence-corrected chi connectivity index (χ3v) is 6.44. The third kappa shape index (κ3) is 3.78. The molecule has 0 aromatic carbocycles. The quantitative estimate of drug-likeness (QED) is 0.889. The summed E-state index contributed by atoms with van der Waals surface area (Å²) in [7, 11) is -3.16. The number of rotatable bonds is 4. The second-order valence-corrected chi connectivity index (χ2v) is 8.75. The number of amides is 2. The van der Waals surface area contributed by atoms with Gasteiger partial charge in [-0.05, 0) is 29.3 Å². The highest BCUT2D eigenvalue weighted by Gasteiger charge is 2.35. The van der Waals surface area contributed by atoms with E-state index in [1.807, 2.05) is 29.9 Å². The van der Waals surface area contributed by atoms with E-state index < -0.39 is 15.9 Å². The molecule has 0 radical (unpaired) electrons. The normalized spacial score (nSPS) is 20.0. The Morgan fingerprint density at radius 1 is 1.50 bits per heavy atom. The standard InChI is InChI=1S/C15H20N4O3S2/c1-2-18-9-13(8-17-18)14-11-24(21,22)6-4-19(14)15(20)16-7-12-3-5-23-10-12/h3,5,8-10,14H,2,4,6-7,11H2,1H3,(H,16,20)/t14-/m0/s1. The van der Waals surface area contributed by atoms with Crippen LogP contribution in [0.25, 0.3) is 0 Å². The van der Waals surface area contributed by atoms with Gasteiger partial charge in [0, 0.05) is 31.4 Å². The van der Waals surface area contributed by atoms with Crippen molar-refractivity contribution >= 4 is 27.2 Å². The van der Waals surface area contributed by atoms with E-state index in [0.29, 0.717) is 13.1 Å². The molecule has 0 aliphatic carbocycles. The molecule has 2 aromatic heterocycles. The maximum absolute atomic E-state index is 12.6. The lowest BCUT2D eigenvalue weighted by Gasteiger charge is -2.34. The summed E-state index contributed by atoms with van der Waals surface area (Å²) < 4.78 is 25.8. The van der Waals surface area contributed by atoms with Crippen LogP contribution < -0.4 is 5.32 Å². The number of nitrogens with one attached hydrogen (secondary N) is 1. The Balaban J connectivity index is 1.76. The van der Waals surface area contributed by atoms with Gasteiger partial charge < -0.3 is 10.2 Å². The van der Waals surface area contributed by atoms with Gasteiger partial charge in [-0.1, -0.05) is 0 Å². The molecule has 2 aromatic rings. The van der Waals surface area contributed by atoms with Crippen LogP contribution >= 0.6 is 11.3 Å². The fourth-order valence-corrected chi connectivity index (χ4v) is 4.89. The van der Waals surface area contributed by atoms with Gasteiger partial charge in [0.2, 0.25) is 0 Å². The highest BCUT2D eigenvalue weighted by Crippen LogP contribution is 2.26. The molecule has 2 amide bonds. The summed E-state index contributed by atoms with van der Waals surface area (Å²) in [6.07, 6.45) is 3.46. The van der Waals surface area contributed by atoms with E-state index in [0.717, 1.165) is 11.1 Å². The van der Waals surface area contributed by atoms with Crippen LogP contribution in [0.2, 0.25) is 0 Å². The van der Waals surface area contributed by atoms with Gasteiger partial charge in [-0.25, -0.2) is 13.2 Å².